The Morgan fingerprint density at radius 1 is 1.35 bits per heavy atom. The average molecular weight is 359 g/mol. The SMILES string of the molecule is COC(=O)[C@@H]1C[C@H](O)CCN1Cc1ccc(OC)c(Cn2cccn2)c1. The van der Waals surface area contributed by atoms with E-state index in [1.54, 1.807) is 13.3 Å². The Balaban J connectivity index is 1.79. The van der Waals surface area contributed by atoms with Gasteiger partial charge in [0.2, 0.25) is 0 Å². The van der Waals surface area contributed by atoms with Gasteiger partial charge in [-0.2, -0.15) is 5.10 Å². The molecule has 1 fully saturated rings. The van der Waals surface area contributed by atoms with Crippen molar-refractivity contribution in [1.29, 1.82) is 0 Å². The van der Waals surface area contributed by atoms with Crippen molar-refractivity contribution in [3.8, 4) is 5.75 Å². The van der Waals surface area contributed by atoms with Gasteiger partial charge in [0.05, 0.1) is 26.9 Å². The van der Waals surface area contributed by atoms with Crippen molar-refractivity contribution in [3.63, 3.8) is 0 Å². The van der Waals surface area contributed by atoms with Crippen LogP contribution in [0.1, 0.15) is 24.0 Å². The number of hydrogen-bond acceptors (Lipinski definition) is 6. The van der Waals surface area contributed by atoms with Crippen molar-refractivity contribution in [3.05, 3.63) is 47.8 Å². The highest BCUT2D eigenvalue weighted by atomic mass is 16.5. The molecule has 26 heavy (non-hydrogen) atoms. The molecule has 1 aromatic carbocycles. The number of carbonyl (C=O) groups excluding carboxylic acids is 1. The zero-order chi connectivity index (χ0) is 18.5. The Morgan fingerprint density at radius 2 is 2.19 bits per heavy atom. The van der Waals surface area contributed by atoms with Gasteiger partial charge in [-0.15, -0.1) is 0 Å². The minimum Gasteiger partial charge on any atom is -0.496 e. The van der Waals surface area contributed by atoms with E-state index in [1.165, 1.54) is 7.11 Å². The van der Waals surface area contributed by atoms with Crippen LogP contribution >= 0.6 is 0 Å². The molecule has 7 heteroatoms. The molecule has 1 aliphatic heterocycles. The zero-order valence-corrected chi connectivity index (χ0v) is 15.2. The van der Waals surface area contributed by atoms with Crippen LogP contribution in [0.3, 0.4) is 0 Å². The third kappa shape index (κ3) is 4.23. The number of likely N-dealkylation sites (tertiary alicyclic amines) is 1. The predicted octanol–water partition coefficient (Wildman–Crippen LogP) is 1.44. The number of aromatic nitrogens is 2. The lowest BCUT2D eigenvalue weighted by atomic mass is 9.98. The first-order valence-electron chi connectivity index (χ1n) is 8.74. The summed E-state index contributed by atoms with van der Waals surface area (Å²) in [4.78, 5) is 14.2. The molecule has 2 heterocycles. The average Bonchev–Trinajstić information content (AvgIpc) is 3.16. The van der Waals surface area contributed by atoms with Gasteiger partial charge in [0.15, 0.2) is 0 Å². The monoisotopic (exact) mass is 359 g/mol. The molecule has 0 aliphatic carbocycles. The van der Waals surface area contributed by atoms with Gasteiger partial charge >= 0.3 is 5.97 Å². The molecule has 1 aliphatic rings. The number of piperidine rings is 1. The molecule has 1 saturated heterocycles. The number of esters is 1. The molecule has 0 spiro atoms. The van der Waals surface area contributed by atoms with Gasteiger partial charge in [0.25, 0.3) is 0 Å². The summed E-state index contributed by atoms with van der Waals surface area (Å²) in [6.07, 6.45) is 4.26. The molecule has 2 aromatic rings. The lowest BCUT2D eigenvalue weighted by molar-refractivity contribution is -0.150. The van der Waals surface area contributed by atoms with Crippen molar-refractivity contribution in [2.45, 2.75) is 38.1 Å². The standard InChI is InChI=1S/C19H25N3O4/c1-25-18-5-4-14(10-15(18)13-22-8-3-7-20-22)12-21-9-6-16(23)11-17(21)19(24)26-2/h3-5,7-8,10,16-17,23H,6,9,11-13H2,1-2H3/t16-,17+/m1/s1. The second kappa shape index (κ2) is 8.33. The second-order valence-corrected chi connectivity index (χ2v) is 6.54. The van der Waals surface area contributed by atoms with Crippen LogP contribution in [0.4, 0.5) is 0 Å². The van der Waals surface area contributed by atoms with E-state index < -0.39 is 12.1 Å². The van der Waals surface area contributed by atoms with Crippen molar-refractivity contribution < 1.29 is 19.4 Å². The van der Waals surface area contributed by atoms with E-state index in [9.17, 15) is 9.90 Å². The molecular weight excluding hydrogens is 334 g/mol. The van der Waals surface area contributed by atoms with Crippen LogP contribution in [-0.2, 0) is 22.6 Å². The Kier molecular flexibility index (Phi) is 5.90. The van der Waals surface area contributed by atoms with E-state index in [0.29, 0.717) is 32.5 Å². The molecule has 0 saturated carbocycles. The number of methoxy groups -OCH3 is 2. The van der Waals surface area contributed by atoms with E-state index in [2.05, 4.69) is 16.1 Å². The molecule has 0 amide bonds. The number of hydrogen-bond donors (Lipinski definition) is 1. The molecule has 7 nitrogen and oxygen atoms in total. The quantitative estimate of drug-likeness (QED) is 0.787. The molecule has 0 unspecified atom stereocenters. The number of aliphatic hydroxyl groups excluding tert-OH is 1. The van der Waals surface area contributed by atoms with Crippen molar-refractivity contribution in [2.75, 3.05) is 20.8 Å². The first kappa shape index (κ1) is 18.4. The van der Waals surface area contributed by atoms with Crippen molar-refractivity contribution in [2.24, 2.45) is 0 Å². The lowest BCUT2D eigenvalue weighted by Gasteiger charge is -2.36. The molecule has 0 radical (unpaired) electrons. The summed E-state index contributed by atoms with van der Waals surface area (Å²) in [7, 11) is 3.04. The normalized spacial score (nSPS) is 20.7. The van der Waals surface area contributed by atoms with Crippen LogP contribution in [0.15, 0.2) is 36.7 Å². The summed E-state index contributed by atoms with van der Waals surface area (Å²) in [6.45, 7) is 1.88. The van der Waals surface area contributed by atoms with Crippen LogP contribution in [0.25, 0.3) is 0 Å². The number of ether oxygens (including phenoxy) is 2. The fourth-order valence-electron chi connectivity index (χ4n) is 3.42. The third-order valence-electron chi connectivity index (χ3n) is 4.78. The van der Waals surface area contributed by atoms with E-state index in [1.807, 2.05) is 29.1 Å². The zero-order valence-electron chi connectivity index (χ0n) is 15.2. The molecular formula is C19H25N3O4. The van der Waals surface area contributed by atoms with Gasteiger partial charge < -0.3 is 14.6 Å². The fraction of sp³-hybridized carbons (Fsp3) is 0.474. The Bertz CT molecular complexity index is 732. The smallest absolute Gasteiger partial charge is 0.323 e. The minimum absolute atomic E-state index is 0.297. The predicted molar refractivity (Wildman–Crippen MR) is 95.8 cm³/mol. The summed E-state index contributed by atoms with van der Waals surface area (Å²) in [5.41, 5.74) is 2.11. The maximum absolute atomic E-state index is 12.1. The first-order valence-corrected chi connectivity index (χ1v) is 8.74. The summed E-state index contributed by atoms with van der Waals surface area (Å²) in [6, 6.07) is 7.50. The van der Waals surface area contributed by atoms with Gasteiger partial charge in [-0.05, 0) is 36.6 Å². The van der Waals surface area contributed by atoms with E-state index in [-0.39, 0.29) is 5.97 Å². The molecule has 1 N–H and O–H groups in total. The van der Waals surface area contributed by atoms with Gasteiger partial charge in [-0.1, -0.05) is 6.07 Å². The van der Waals surface area contributed by atoms with Crippen molar-refractivity contribution >= 4 is 5.97 Å². The summed E-state index contributed by atoms with van der Waals surface area (Å²) in [5, 5.41) is 14.2. The fourth-order valence-corrected chi connectivity index (χ4v) is 3.42. The molecule has 3 rings (SSSR count). The maximum Gasteiger partial charge on any atom is 0.323 e. The number of aliphatic hydroxyl groups is 1. The number of rotatable bonds is 6. The Morgan fingerprint density at radius 3 is 2.88 bits per heavy atom. The molecule has 0 bridgehead atoms. The largest absolute Gasteiger partial charge is 0.496 e. The summed E-state index contributed by atoms with van der Waals surface area (Å²) >= 11 is 0. The van der Waals surface area contributed by atoms with Crippen LogP contribution in [0, 0.1) is 0 Å². The van der Waals surface area contributed by atoms with E-state index in [0.717, 1.165) is 16.9 Å². The van der Waals surface area contributed by atoms with Crippen molar-refractivity contribution in [1.82, 2.24) is 14.7 Å². The summed E-state index contributed by atoms with van der Waals surface area (Å²) in [5.74, 6) is 0.511. The van der Waals surface area contributed by atoms with Crippen LogP contribution < -0.4 is 4.74 Å². The van der Waals surface area contributed by atoms with Gasteiger partial charge in [0.1, 0.15) is 11.8 Å². The van der Waals surface area contributed by atoms with Crippen LogP contribution in [0.5, 0.6) is 5.75 Å². The second-order valence-electron chi connectivity index (χ2n) is 6.54. The van der Waals surface area contributed by atoms with Crippen LogP contribution in [-0.4, -0.2) is 58.7 Å². The Hall–Kier alpha value is -2.38. The third-order valence-corrected chi connectivity index (χ3v) is 4.78. The minimum atomic E-state index is -0.457. The van der Waals surface area contributed by atoms with Gasteiger partial charge in [-0.3, -0.25) is 14.4 Å². The van der Waals surface area contributed by atoms with E-state index >= 15 is 0 Å². The highest BCUT2D eigenvalue weighted by Crippen LogP contribution is 2.25. The molecule has 2 atom stereocenters. The summed E-state index contributed by atoms with van der Waals surface area (Å²) < 4.78 is 12.2. The first-order chi connectivity index (χ1) is 12.6. The van der Waals surface area contributed by atoms with Gasteiger partial charge in [-0.25, -0.2) is 0 Å². The highest BCUT2D eigenvalue weighted by molar-refractivity contribution is 5.75. The lowest BCUT2D eigenvalue weighted by Crippen LogP contribution is -2.48. The van der Waals surface area contributed by atoms with Crippen LogP contribution in [0.2, 0.25) is 0 Å². The molecule has 1 aromatic heterocycles. The highest BCUT2D eigenvalue weighted by Gasteiger charge is 2.33. The number of benzene rings is 1. The van der Waals surface area contributed by atoms with E-state index in [4.69, 9.17) is 9.47 Å². The number of carbonyl (C=O) groups is 1. The topological polar surface area (TPSA) is 76.8 Å². The maximum atomic E-state index is 12.1. The number of nitrogens with zero attached hydrogens (tertiary/aromatic N) is 3. The molecule has 140 valence electrons. The Labute approximate surface area is 153 Å². The van der Waals surface area contributed by atoms with Gasteiger partial charge in [0, 0.05) is 31.0 Å².